The molecule has 5 aromatic rings. The van der Waals surface area contributed by atoms with Crippen molar-refractivity contribution in [2.45, 2.75) is 13.3 Å². The van der Waals surface area contributed by atoms with Crippen molar-refractivity contribution in [3.8, 4) is 17.0 Å². The van der Waals surface area contributed by atoms with E-state index in [1.54, 1.807) is 47.3 Å². The van der Waals surface area contributed by atoms with E-state index in [0.717, 1.165) is 17.6 Å². The number of fused-ring (bicyclic) bond motifs is 1. The summed E-state index contributed by atoms with van der Waals surface area (Å²) in [5.41, 5.74) is 4.76. The van der Waals surface area contributed by atoms with Crippen molar-refractivity contribution < 1.29 is 9.21 Å². The van der Waals surface area contributed by atoms with Crippen LogP contribution in [0.2, 0.25) is 10.0 Å². The van der Waals surface area contributed by atoms with Crippen molar-refractivity contribution in [1.29, 1.82) is 0 Å². The van der Waals surface area contributed by atoms with E-state index in [1.807, 2.05) is 18.2 Å². The Kier molecular flexibility index (Phi) is 5.62. The fraction of sp³-hybridized carbons (Fsp3) is 0.0800. The average molecular weight is 477 g/mol. The Labute approximate surface area is 199 Å². The van der Waals surface area contributed by atoms with Crippen LogP contribution < -0.4 is 5.32 Å². The molecule has 3 aromatic carbocycles. The van der Waals surface area contributed by atoms with Crippen molar-refractivity contribution >= 4 is 45.8 Å². The van der Waals surface area contributed by atoms with Crippen LogP contribution in [0.25, 0.3) is 28.0 Å². The van der Waals surface area contributed by atoms with Gasteiger partial charge in [0, 0.05) is 16.3 Å². The number of anilines is 1. The minimum atomic E-state index is -0.381. The summed E-state index contributed by atoms with van der Waals surface area (Å²) in [5.74, 6) is 0.262. The van der Waals surface area contributed by atoms with Crippen LogP contribution in [0.3, 0.4) is 0 Å². The van der Waals surface area contributed by atoms with Crippen molar-refractivity contribution in [2.75, 3.05) is 5.32 Å². The smallest absolute Gasteiger partial charge is 0.291 e. The summed E-state index contributed by atoms with van der Waals surface area (Å²) in [6, 6.07) is 21.8. The number of nitrogens with one attached hydrogen (secondary N) is 1. The van der Waals surface area contributed by atoms with E-state index >= 15 is 0 Å². The molecule has 2 heterocycles. The van der Waals surface area contributed by atoms with Crippen molar-refractivity contribution in [3.05, 3.63) is 94.2 Å². The third-order valence-corrected chi connectivity index (χ3v) is 5.79. The van der Waals surface area contributed by atoms with Gasteiger partial charge >= 0.3 is 0 Å². The van der Waals surface area contributed by atoms with E-state index in [0.29, 0.717) is 32.6 Å². The number of benzene rings is 3. The molecule has 164 valence electrons. The molecule has 0 radical (unpaired) electrons. The number of carbonyl (C=O) groups excluding carboxylic acids is 1. The largest absolute Gasteiger partial charge is 0.451 e. The monoisotopic (exact) mass is 476 g/mol. The van der Waals surface area contributed by atoms with Crippen LogP contribution in [0, 0.1) is 0 Å². The minimum absolute atomic E-state index is 0.163. The number of carbonyl (C=O) groups is 1. The number of nitrogens with zero attached hydrogens (tertiary/aromatic N) is 3. The Bertz CT molecular complexity index is 1470. The highest BCUT2D eigenvalue weighted by molar-refractivity contribution is 6.36. The Balaban J connectivity index is 1.35. The Morgan fingerprint density at radius 2 is 1.73 bits per heavy atom. The molecule has 0 aliphatic carbocycles. The van der Waals surface area contributed by atoms with Crippen molar-refractivity contribution in [1.82, 2.24) is 15.0 Å². The zero-order chi connectivity index (χ0) is 22.9. The highest BCUT2D eigenvalue weighted by Crippen LogP contribution is 2.31. The first-order valence-electron chi connectivity index (χ1n) is 10.3. The van der Waals surface area contributed by atoms with Gasteiger partial charge in [0.15, 0.2) is 5.76 Å². The predicted octanol–water partition coefficient (Wildman–Crippen LogP) is 6.80. The molecule has 0 aliphatic heterocycles. The standard InChI is InChI=1S/C25H18Cl2N4O2/c1-2-15-3-7-18(8-4-15)31-29-21-10-6-17(14-22(21)30-31)28-25(32)24-12-11-23(33-24)19-9-5-16(26)13-20(19)27/h3-14H,2H2,1H3,(H,28,32). The number of furan rings is 1. The molecule has 2 aromatic heterocycles. The molecule has 6 nitrogen and oxygen atoms in total. The maximum atomic E-state index is 12.7. The minimum Gasteiger partial charge on any atom is -0.451 e. The molecule has 1 amide bonds. The van der Waals surface area contributed by atoms with Crippen LogP contribution in [-0.4, -0.2) is 20.9 Å². The average Bonchev–Trinajstić information content (AvgIpc) is 3.46. The van der Waals surface area contributed by atoms with E-state index < -0.39 is 0 Å². The van der Waals surface area contributed by atoms with Crippen molar-refractivity contribution in [3.63, 3.8) is 0 Å². The second-order valence-electron chi connectivity index (χ2n) is 7.46. The lowest BCUT2D eigenvalue weighted by atomic mass is 10.2. The Morgan fingerprint density at radius 3 is 2.48 bits per heavy atom. The third-order valence-electron chi connectivity index (χ3n) is 5.24. The second-order valence-corrected chi connectivity index (χ2v) is 8.30. The summed E-state index contributed by atoms with van der Waals surface area (Å²) >= 11 is 12.2. The normalized spacial score (nSPS) is 11.1. The van der Waals surface area contributed by atoms with E-state index in [-0.39, 0.29) is 11.7 Å². The first kappa shape index (κ1) is 21.2. The van der Waals surface area contributed by atoms with E-state index in [1.165, 1.54) is 5.56 Å². The lowest BCUT2D eigenvalue weighted by molar-refractivity contribution is 0.0997. The predicted molar refractivity (Wildman–Crippen MR) is 130 cm³/mol. The number of aromatic nitrogens is 3. The molecule has 5 rings (SSSR count). The van der Waals surface area contributed by atoms with E-state index in [2.05, 4.69) is 34.6 Å². The topological polar surface area (TPSA) is 73.0 Å². The van der Waals surface area contributed by atoms with E-state index in [9.17, 15) is 4.79 Å². The molecular weight excluding hydrogens is 459 g/mol. The van der Waals surface area contributed by atoms with Crippen LogP contribution in [0.5, 0.6) is 0 Å². The summed E-state index contributed by atoms with van der Waals surface area (Å²) in [5, 5.41) is 12.9. The second kappa shape index (κ2) is 8.73. The summed E-state index contributed by atoms with van der Waals surface area (Å²) < 4.78 is 5.72. The molecule has 0 aliphatic rings. The van der Waals surface area contributed by atoms with Gasteiger partial charge in [-0.2, -0.15) is 4.80 Å². The third kappa shape index (κ3) is 4.35. The first-order valence-corrected chi connectivity index (χ1v) is 11.1. The van der Waals surface area contributed by atoms with Gasteiger partial charge in [0.25, 0.3) is 5.91 Å². The molecule has 0 spiro atoms. The summed E-state index contributed by atoms with van der Waals surface area (Å²) in [6.45, 7) is 2.11. The number of aryl methyl sites for hydroxylation is 1. The van der Waals surface area contributed by atoms with E-state index in [4.69, 9.17) is 27.6 Å². The lowest BCUT2D eigenvalue weighted by Crippen LogP contribution is -2.10. The van der Waals surface area contributed by atoms with Gasteiger partial charge in [0.1, 0.15) is 16.8 Å². The van der Waals surface area contributed by atoms with Gasteiger partial charge in [-0.1, -0.05) is 42.3 Å². The number of amides is 1. The van der Waals surface area contributed by atoms with Gasteiger partial charge in [-0.05, 0) is 72.6 Å². The molecule has 1 N–H and O–H groups in total. The number of halogens is 2. The fourth-order valence-corrected chi connectivity index (χ4v) is 3.96. The number of rotatable bonds is 5. The molecule has 0 unspecified atom stereocenters. The zero-order valence-corrected chi connectivity index (χ0v) is 19.1. The summed E-state index contributed by atoms with van der Waals surface area (Å²) in [6.07, 6.45) is 0.974. The summed E-state index contributed by atoms with van der Waals surface area (Å²) in [7, 11) is 0. The fourth-order valence-electron chi connectivity index (χ4n) is 3.46. The molecule has 0 saturated carbocycles. The maximum absolute atomic E-state index is 12.7. The van der Waals surface area contributed by atoms with Gasteiger partial charge in [-0.25, -0.2) is 0 Å². The zero-order valence-electron chi connectivity index (χ0n) is 17.5. The molecule has 0 bridgehead atoms. The van der Waals surface area contributed by atoms with Crippen LogP contribution in [-0.2, 0) is 6.42 Å². The van der Waals surface area contributed by atoms with Crippen molar-refractivity contribution in [2.24, 2.45) is 0 Å². The SMILES string of the molecule is CCc1ccc(-n2nc3ccc(NC(=O)c4ccc(-c5ccc(Cl)cc5Cl)o4)cc3n2)cc1. The highest BCUT2D eigenvalue weighted by atomic mass is 35.5. The molecule has 33 heavy (non-hydrogen) atoms. The lowest BCUT2D eigenvalue weighted by Gasteiger charge is -2.03. The maximum Gasteiger partial charge on any atom is 0.291 e. The molecule has 0 atom stereocenters. The number of hydrogen-bond donors (Lipinski definition) is 1. The Morgan fingerprint density at radius 1 is 0.939 bits per heavy atom. The van der Waals surface area contributed by atoms with Crippen LogP contribution in [0.4, 0.5) is 5.69 Å². The molecule has 0 fully saturated rings. The van der Waals surface area contributed by atoms with Crippen LogP contribution >= 0.6 is 23.2 Å². The molecular formula is C25H18Cl2N4O2. The van der Waals surface area contributed by atoms with Gasteiger partial charge in [0.05, 0.1) is 10.7 Å². The quantitative estimate of drug-likeness (QED) is 0.302. The van der Waals surface area contributed by atoms with Gasteiger partial charge in [0.2, 0.25) is 0 Å². The van der Waals surface area contributed by atoms with Crippen LogP contribution in [0.15, 0.2) is 77.2 Å². The van der Waals surface area contributed by atoms with Crippen LogP contribution in [0.1, 0.15) is 23.0 Å². The first-order chi connectivity index (χ1) is 16.0. The highest BCUT2D eigenvalue weighted by Gasteiger charge is 2.15. The summed E-state index contributed by atoms with van der Waals surface area (Å²) in [4.78, 5) is 14.3. The number of hydrogen-bond acceptors (Lipinski definition) is 4. The molecule has 0 saturated heterocycles. The van der Waals surface area contributed by atoms with Gasteiger partial charge < -0.3 is 9.73 Å². The molecule has 8 heteroatoms. The van der Waals surface area contributed by atoms with Gasteiger partial charge in [-0.15, -0.1) is 10.2 Å². The Hall–Kier alpha value is -3.61. The van der Waals surface area contributed by atoms with Gasteiger partial charge in [-0.3, -0.25) is 4.79 Å².